The minimum absolute atomic E-state index is 0.0778. The molecule has 2 aromatic carbocycles. The molecule has 1 spiro atoms. The monoisotopic (exact) mass is 452 g/mol. The average Bonchev–Trinajstić information content (AvgIpc) is 3.47. The number of aromatic nitrogens is 2. The third-order valence-electron chi connectivity index (χ3n) is 6.01. The summed E-state index contributed by atoms with van der Waals surface area (Å²) in [5, 5.41) is 15.5. The number of carbonyl (C=O) groups is 1. The van der Waals surface area contributed by atoms with E-state index in [-0.39, 0.29) is 22.9 Å². The SMILES string of the molecule is O=C(c1cc(-c2ccccc2F)nn1-c1ccc([N+](=O)[O-])cc1)N1CCC2(CC1)OCCO2. The molecule has 1 amide bonds. The summed E-state index contributed by atoms with van der Waals surface area (Å²) in [7, 11) is 0. The minimum atomic E-state index is -0.617. The maximum absolute atomic E-state index is 14.4. The van der Waals surface area contributed by atoms with E-state index in [0.29, 0.717) is 50.5 Å². The number of nitro groups is 1. The van der Waals surface area contributed by atoms with E-state index in [4.69, 9.17) is 9.47 Å². The van der Waals surface area contributed by atoms with Gasteiger partial charge in [0, 0.05) is 43.6 Å². The van der Waals surface area contributed by atoms with Crippen LogP contribution in [0.4, 0.5) is 10.1 Å². The number of likely N-dealkylation sites (tertiary alicyclic amines) is 1. The summed E-state index contributed by atoms with van der Waals surface area (Å²) < 4.78 is 27.3. The van der Waals surface area contributed by atoms with Gasteiger partial charge in [0.2, 0.25) is 0 Å². The van der Waals surface area contributed by atoms with Crippen LogP contribution in [0.15, 0.2) is 54.6 Å². The summed E-state index contributed by atoms with van der Waals surface area (Å²) >= 11 is 0. The third kappa shape index (κ3) is 3.98. The van der Waals surface area contributed by atoms with Gasteiger partial charge in [0.1, 0.15) is 11.5 Å². The zero-order valence-electron chi connectivity index (χ0n) is 17.6. The van der Waals surface area contributed by atoms with Crippen molar-refractivity contribution < 1.29 is 23.6 Å². The van der Waals surface area contributed by atoms with Crippen molar-refractivity contribution in [2.75, 3.05) is 26.3 Å². The summed E-state index contributed by atoms with van der Waals surface area (Å²) in [6, 6.07) is 13.4. The molecule has 10 heteroatoms. The van der Waals surface area contributed by atoms with E-state index in [2.05, 4.69) is 5.10 Å². The third-order valence-corrected chi connectivity index (χ3v) is 6.01. The largest absolute Gasteiger partial charge is 0.347 e. The minimum Gasteiger partial charge on any atom is -0.347 e. The second-order valence-electron chi connectivity index (χ2n) is 7.98. The van der Waals surface area contributed by atoms with E-state index in [0.717, 1.165) is 0 Å². The highest BCUT2D eigenvalue weighted by Gasteiger charge is 2.41. The number of hydrogen-bond acceptors (Lipinski definition) is 6. The topological polar surface area (TPSA) is 99.7 Å². The Balaban J connectivity index is 1.50. The maximum atomic E-state index is 14.4. The van der Waals surface area contributed by atoms with Crippen molar-refractivity contribution in [3.8, 4) is 16.9 Å². The second-order valence-corrected chi connectivity index (χ2v) is 7.98. The molecule has 2 fully saturated rings. The average molecular weight is 452 g/mol. The van der Waals surface area contributed by atoms with Crippen LogP contribution in [0.3, 0.4) is 0 Å². The van der Waals surface area contributed by atoms with E-state index in [1.807, 2.05) is 0 Å². The van der Waals surface area contributed by atoms with Crippen molar-refractivity contribution in [1.29, 1.82) is 0 Å². The van der Waals surface area contributed by atoms with Crippen LogP contribution in [0.1, 0.15) is 23.3 Å². The van der Waals surface area contributed by atoms with Gasteiger partial charge >= 0.3 is 0 Å². The highest BCUT2D eigenvalue weighted by Crippen LogP contribution is 2.32. The summed E-state index contributed by atoms with van der Waals surface area (Å²) in [5.41, 5.74) is 1.18. The van der Waals surface area contributed by atoms with Gasteiger partial charge in [0.15, 0.2) is 5.79 Å². The maximum Gasteiger partial charge on any atom is 0.272 e. The molecule has 2 saturated heterocycles. The molecule has 3 heterocycles. The molecule has 33 heavy (non-hydrogen) atoms. The molecular weight excluding hydrogens is 431 g/mol. The van der Waals surface area contributed by atoms with Gasteiger partial charge in [-0.2, -0.15) is 5.10 Å². The van der Waals surface area contributed by atoms with Gasteiger partial charge in [-0.25, -0.2) is 9.07 Å². The molecule has 2 aliphatic heterocycles. The van der Waals surface area contributed by atoms with Gasteiger partial charge in [-0.3, -0.25) is 14.9 Å². The Hall–Kier alpha value is -3.63. The molecular formula is C23H21FN4O5. The lowest BCUT2D eigenvalue weighted by molar-refractivity contribution is -0.384. The number of benzene rings is 2. The van der Waals surface area contributed by atoms with Gasteiger partial charge < -0.3 is 14.4 Å². The molecule has 0 atom stereocenters. The number of piperidine rings is 1. The standard InChI is InChI=1S/C23H21FN4O5/c24-19-4-2-1-3-18(19)20-15-21(27(25-20)16-5-7-17(8-6-16)28(30)31)22(29)26-11-9-23(10-12-26)32-13-14-33-23/h1-8,15H,9-14H2. The molecule has 0 aliphatic carbocycles. The number of halogens is 1. The predicted octanol–water partition coefficient (Wildman–Crippen LogP) is 3.57. The lowest BCUT2D eigenvalue weighted by Crippen LogP contribution is -2.47. The van der Waals surface area contributed by atoms with Crippen molar-refractivity contribution in [1.82, 2.24) is 14.7 Å². The molecule has 0 saturated carbocycles. The van der Waals surface area contributed by atoms with E-state index in [9.17, 15) is 19.3 Å². The molecule has 5 rings (SSSR count). The van der Waals surface area contributed by atoms with E-state index < -0.39 is 16.5 Å². The van der Waals surface area contributed by atoms with Crippen molar-refractivity contribution in [2.45, 2.75) is 18.6 Å². The van der Waals surface area contributed by atoms with Crippen LogP contribution in [0.5, 0.6) is 0 Å². The highest BCUT2D eigenvalue weighted by molar-refractivity contribution is 5.94. The number of carbonyl (C=O) groups excluding carboxylic acids is 1. The fourth-order valence-corrected chi connectivity index (χ4v) is 4.24. The fourth-order valence-electron chi connectivity index (χ4n) is 4.24. The second kappa shape index (κ2) is 8.38. The summed E-state index contributed by atoms with van der Waals surface area (Å²) in [5.74, 6) is -1.34. The zero-order chi connectivity index (χ0) is 23.0. The number of amides is 1. The van der Waals surface area contributed by atoms with Gasteiger partial charge in [-0.1, -0.05) is 12.1 Å². The summed E-state index contributed by atoms with van der Waals surface area (Å²) in [6.07, 6.45) is 1.12. The number of rotatable bonds is 4. The molecule has 1 aromatic heterocycles. The van der Waals surface area contributed by atoms with Crippen LogP contribution in [0.25, 0.3) is 16.9 Å². The molecule has 0 bridgehead atoms. The van der Waals surface area contributed by atoms with Crippen LogP contribution in [-0.4, -0.2) is 57.6 Å². The molecule has 170 valence electrons. The van der Waals surface area contributed by atoms with Crippen molar-refractivity contribution in [3.05, 3.63) is 76.2 Å². The van der Waals surface area contributed by atoms with E-state index in [1.165, 1.54) is 35.0 Å². The predicted molar refractivity (Wildman–Crippen MR) is 115 cm³/mol. The Kier molecular flexibility index (Phi) is 5.39. The Bertz CT molecular complexity index is 1190. The van der Waals surface area contributed by atoms with Gasteiger partial charge in [-0.05, 0) is 30.3 Å². The first kappa shape index (κ1) is 21.2. The number of nitro benzene ring substituents is 1. The van der Waals surface area contributed by atoms with Gasteiger partial charge in [-0.15, -0.1) is 0 Å². The summed E-state index contributed by atoms with van der Waals surface area (Å²) in [6.45, 7) is 1.98. The first-order valence-electron chi connectivity index (χ1n) is 10.6. The van der Waals surface area contributed by atoms with E-state index in [1.54, 1.807) is 29.2 Å². The zero-order valence-corrected chi connectivity index (χ0v) is 17.6. The van der Waals surface area contributed by atoms with Crippen LogP contribution in [0, 0.1) is 15.9 Å². The Labute approximate surface area is 188 Å². The normalized spacial score (nSPS) is 17.4. The Morgan fingerprint density at radius 1 is 1.06 bits per heavy atom. The van der Waals surface area contributed by atoms with Gasteiger partial charge in [0.25, 0.3) is 11.6 Å². The van der Waals surface area contributed by atoms with Crippen LogP contribution in [0.2, 0.25) is 0 Å². The molecule has 0 unspecified atom stereocenters. The first-order valence-corrected chi connectivity index (χ1v) is 10.6. The lowest BCUT2D eigenvalue weighted by Gasteiger charge is -2.37. The lowest BCUT2D eigenvalue weighted by atomic mass is 10.0. The quantitative estimate of drug-likeness (QED) is 0.443. The van der Waals surface area contributed by atoms with Crippen molar-refractivity contribution in [2.24, 2.45) is 0 Å². The summed E-state index contributed by atoms with van der Waals surface area (Å²) in [4.78, 5) is 25.7. The van der Waals surface area contributed by atoms with Crippen molar-refractivity contribution >= 4 is 11.6 Å². The molecule has 2 aliphatic rings. The van der Waals surface area contributed by atoms with E-state index >= 15 is 0 Å². The Morgan fingerprint density at radius 3 is 2.36 bits per heavy atom. The smallest absolute Gasteiger partial charge is 0.272 e. The molecule has 0 N–H and O–H groups in total. The number of hydrogen-bond donors (Lipinski definition) is 0. The van der Waals surface area contributed by atoms with Gasteiger partial charge in [0.05, 0.1) is 29.5 Å². The highest BCUT2D eigenvalue weighted by atomic mass is 19.1. The first-order chi connectivity index (χ1) is 16.0. The number of nitrogens with zero attached hydrogens (tertiary/aromatic N) is 4. The van der Waals surface area contributed by atoms with Crippen LogP contribution >= 0.6 is 0 Å². The molecule has 3 aromatic rings. The molecule has 9 nitrogen and oxygen atoms in total. The molecule has 0 radical (unpaired) electrons. The van der Waals surface area contributed by atoms with Crippen molar-refractivity contribution in [3.63, 3.8) is 0 Å². The van der Waals surface area contributed by atoms with Crippen LogP contribution < -0.4 is 0 Å². The Morgan fingerprint density at radius 2 is 1.73 bits per heavy atom. The fraction of sp³-hybridized carbons (Fsp3) is 0.304. The van der Waals surface area contributed by atoms with Crippen LogP contribution in [-0.2, 0) is 9.47 Å². The number of ether oxygens (including phenoxy) is 2. The number of non-ortho nitro benzene ring substituents is 1.